The Morgan fingerprint density at radius 3 is 2.32 bits per heavy atom. The summed E-state index contributed by atoms with van der Waals surface area (Å²) in [6.07, 6.45) is 3.26. The lowest BCUT2D eigenvalue weighted by Crippen LogP contribution is -2.02. The number of benzene rings is 3. The van der Waals surface area contributed by atoms with Crippen LogP contribution in [-0.4, -0.2) is 20.2 Å². The van der Waals surface area contributed by atoms with Crippen molar-refractivity contribution in [3.05, 3.63) is 121 Å². The number of hydrogen-bond acceptors (Lipinski definition) is 6. The van der Waals surface area contributed by atoms with Crippen molar-refractivity contribution >= 4 is 34.1 Å². The van der Waals surface area contributed by atoms with Crippen molar-refractivity contribution in [3.8, 4) is 6.07 Å². The Morgan fingerprint density at radius 1 is 0.941 bits per heavy atom. The second kappa shape index (κ2) is 9.18. The normalized spacial score (nSPS) is 11.2. The van der Waals surface area contributed by atoms with Gasteiger partial charge in [0.05, 0.1) is 9.85 Å². The van der Waals surface area contributed by atoms with Gasteiger partial charge in [0.2, 0.25) is 5.78 Å². The number of carbonyl (C=O) groups is 1. The minimum atomic E-state index is -0.613. The molecule has 0 saturated carbocycles. The molecule has 1 aromatic heterocycles. The van der Waals surface area contributed by atoms with E-state index < -0.39 is 15.6 Å². The number of nitriles is 1. The molecule has 4 aromatic rings. The molecule has 0 amide bonds. The third-order valence-corrected chi connectivity index (χ3v) is 5.30. The Bertz CT molecular complexity index is 1510. The van der Waals surface area contributed by atoms with Crippen LogP contribution in [0.1, 0.15) is 21.5 Å². The van der Waals surface area contributed by atoms with E-state index in [1.54, 1.807) is 18.3 Å². The molecule has 9 nitrogen and oxygen atoms in total. The van der Waals surface area contributed by atoms with Gasteiger partial charge in [-0.05, 0) is 17.7 Å². The first-order valence-corrected chi connectivity index (χ1v) is 10.1. The number of fused-ring (bicyclic) bond motifs is 1. The lowest BCUT2D eigenvalue weighted by molar-refractivity contribution is -0.385. The van der Waals surface area contributed by atoms with Crippen LogP contribution in [0.3, 0.4) is 0 Å². The Kier molecular flexibility index (Phi) is 5.97. The van der Waals surface area contributed by atoms with Gasteiger partial charge in [-0.1, -0.05) is 42.5 Å². The molecule has 0 N–H and O–H groups in total. The van der Waals surface area contributed by atoms with Gasteiger partial charge in [0.25, 0.3) is 11.4 Å². The lowest BCUT2D eigenvalue weighted by Gasteiger charge is -2.05. The fourth-order valence-corrected chi connectivity index (χ4v) is 3.66. The van der Waals surface area contributed by atoms with Crippen molar-refractivity contribution in [2.45, 2.75) is 6.54 Å². The van der Waals surface area contributed by atoms with Crippen LogP contribution < -0.4 is 0 Å². The average Bonchev–Trinajstić information content (AvgIpc) is 3.19. The standard InChI is InChI=1S/C25H16N4O5/c26-14-19(25(30)18-4-3-5-22(13-18)29(33)34)12-20-16-27(24-7-2-1-6-23(20)24)15-17-8-10-21(11-9-17)28(31)32/h1-13,16H,15H2/b19-12+. The fourth-order valence-electron chi connectivity index (χ4n) is 3.66. The highest BCUT2D eigenvalue weighted by molar-refractivity contribution is 6.15. The first kappa shape index (κ1) is 22.1. The Hall–Kier alpha value is -5.10. The summed E-state index contributed by atoms with van der Waals surface area (Å²) in [7, 11) is 0. The summed E-state index contributed by atoms with van der Waals surface area (Å²) >= 11 is 0. The van der Waals surface area contributed by atoms with Crippen LogP contribution in [0.25, 0.3) is 17.0 Å². The van der Waals surface area contributed by atoms with Crippen LogP contribution >= 0.6 is 0 Å². The monoisotopic (exact) mass is 452 g/mol. The van der Waals surface area contributed by atoms with Crippen molar-refractivity contribution < 1.29 is 14.6 Å². The van der Waals surface area contributed by atoms with Crippen LogP contribution in [-0.2, 0) is 6.54 Å². The van der Waals surface area contributed by atoms with E-state index in [2.05, 4.69) is 0 Å². The molecule has 0 saturated heterocycles. The number of allylic oxidation sites excluding steroid dienone is 1. The van der Waals surface area contributed by atoms with E-state index in [-0.39, 0.29) is 22.5 Å². The topological polar surface area (TPSA) is 132 Å². The zero-order valence-corrected chi connectivity index (χ0v) is 17.6. The SMILES string of the molecule is N#C/C(=C\c1cn(Cc2ccc([N+](=O)[O-])cc2)c2ccccc12)C(=O)c1cccc([N+](=O)[O-])c1. The molecule has 0 spiro atoms. The third-order valence-electron chi connectivity index (χ3n) is 5.30. The Morgan fingerprint density at radius 2 is 1.65 bits per heavy atom. The molecule has 9 heteroatoms. The van der Waals surface area contributed by atoms with Gasteiger partial charge in [0.15, 0.2) is 0 Å². The molecule has 0 aliphatic heterocycles. The van der Waals surface area contributed by atoms with Crippen molar-refractivity contribution in [3.63, 3.8) is 0 Å². The quantitative estimate of drug-likeness (QED) is 0.123. The highest BCUT2D eigenvalue weighted by atomic mass is 16.6. The Labute approximate surface area is 193 Å². The minimum Gasteiger partial charge on any atom is -0.342 e. The van der Waals surface area contributed by atoms with Crippen molar-refractivity contribution in [2.24, 2.45) is 0 Å². The van der Waals surface area contributed by atoms with E-state index in [4.69, 9.17) is 0 Å². The molecule has 0 atom stereocenters. The predicted molar refractivity (Wildman–Crippen MR) is 125 cm³/mol. The number of hydrogen-bond donors (Lipinski definition) is 0. The molecule has 0 aliphatic rings. The number of nitro benzene ring substituents is 2. The van der Waals surface area contributed by atoms with E-state index in [9.17, 15) is 30.3 Å². The van der Waals surface area contributed by atoms with Crippen LogP contribution in [0.15, 0.2) is 84.6 Å². The van der Waals surface area contributed by atoms with Crippen molar-refractivity contribution in [2.75, 3.05) is 0 Å². The van der Waals surface area contributed by atoms with Gasteiger partial charge in [0, 0.05) is 59.0 Å². The molecule has 166 valence electrons. The molecule has 1 heterocycles. The number of Topliss-reactive ketones (excluding diaryl/α,β-unsaturated/α-hetero) is 1. The third kappa shape index (κ3) is 4.42. The van der Waals surface area contributed by atoms with Gasteiger partial charge in [-0.3, -0.25) is 25.0 Å². The second-order valence-electron chi connectivity index (χ2n) is 7.46. The lowest BCUT2D eigenvalue weighted by atomic mass is 10.0. The highest BCUT2D eigenvalue weighted by Crippen LogP contribution is 2.26. The highest BCUT2D eigenvalue weighted by Gasteiger charge is 2.17. The molecular formula is C25H16N4O5. The number of non-ortho nitro benzene ring substituents is 2. The summed E-state index contributed by atoms with van der Waals surface area (Å²) in [5, 5.41) is 32.4. The summed E-state index contributed by atoms with van der Waals surface area (Å²) in [6.45, 7) is 0.424. The van der Waals surface area contributed by atoms with Crippen LogP contribution in [0.4, 0.5) is 11.4 Å². The van der Waals surface area contributed by atoms with Gasteiger partial charge in [-0.25, -0.2) is 0 Å². The van der Waals surface area contributed by atoms with Gasteiger partial charge >= 0.3 is 0 Å². The molecule has 0 fully saturated rings. The van der Waals surface area contributed by atoms with Crippen LogP contribution in [0.2, 0.25) is 0 Å². The maximum atomic E-state index is 12.9. The van der Waals surface area contributed by atoms with Crippen molar-refractivity contribution in [1.82, 2.24) is 4.57 Å². The minimum absolute atomic E-state index is 0.00283. The molecule has 4 rings (SSSR count). The fraction of sp³-hybridized carbons (Fsp3) is 0.0400. The van der Waals surface area contributed by atoms with Gasteiger partial charge < -0.3 is 4.57 Å². The number of aromatic nitrogens is 1. The number of para-hydroxylation sites is 1. The number of nitrogens with zero attached hydrogens (tertiary/aromatic N) is 4. The average molecular weight is 452 g/mol. The first-order chi connectivity index (χ1) is 16.4. The van der Waals surface area contributed by atoms with E-state index in [0.29, 0.717) is 12.1 Å². The number of rotatable bonds is 7. The van der Waals surface area contributed by atoms with Gasteiger partial charge in [-0.2, -0.15) is 5.26 Å². The smallest absolute Gasteiger partial charge is 0.270 e. The summed E-state index contributed by atoms with van der Waals surface area (Å²) in [5.74, 6) is -0.613. The molecule has 0 aliphatic carbocycles. The molecule has 0 radical (unpaired) electrons. The summed E-state index contributed by atoms with van der Waals surface area (Å²) in [5.41, 5.74) is 2.00. The number of carbonyl (C=O) groups excluding carboxylic acids is 1. The maximum absolute atomic E-state index is 12.9. The maximum Gasteiger partial charge on any atom is 0.270 e. The first-order valence-electron chi connectivity index (χ1n) is 10.1. The summed E-state index contributed by atoms with van der Waals surface area (Å²) in [6, 6.07) is 20.8. The molecule has 3 aromatic carbocycles. The van der Waals surface area contributed by atoms with Gasteiger partial charge in [0.1, 0.15) is 11.6 Å². The zero-order valence-electron chi connectivity index (χ0n) is 17.6. The summed E-state index contributed by atoms with van der Waals surface area (Å²) < 4.78 is 1.93. The van der Waals surface area contributed by atoms with Crippen LogP contribution in [0, 0.1) is 31.6 Å². The van der Waals surface area contributed by atoms with E-state index in [0.717, 1.165) is 22.5 Å². The second-order valence-corrected chi connectivity index (χ2v) is 7.46. The van der Waals surface area contributed by atoms with Crippen molar-refractivity contribution in [1.29, 1.82) is 5.26 Å². The zero-order chi connectivity index (χ0) is 24.2. The van der Waals surface area contributed by atoms with Gasteiger partial charge in [-0.15, -0.1) is 0 Å². The molecule has 0 bridgehead atoms. The van der Waals surface area contributed by atoms with Crippen LogP contribution in [0.5, 0.6) is 0 Å². The van der Waals surface area contributed by atoms with E-state index in [1.165, 1.54) is 36.4 Å². The van der Waals surface area contributed by atoms with E-state index in [1.807, 2.05) is 34.9 Å². The largest absolute Gasteiger partial charge is 0.342 e. The molecule has 34 heavy (non-hydrogen) atoms. The summed E-state index contributed by atoms with van der Waals surface area (Å²) in [4.78, 5) is 33.8. The Balaban J connectivity index is 1.72. The molecular weight excluding hydrogens is 436 g/mol. The van der Waals surface area contributed by atoms with E-state index >= 15 is 0 Å². The number of ketones is 1. The predicted octanol–water partition coefficient (Wildman–Crippen LogP) is 5.30. The number of nitro groups is 2. The molecule has 0 unspecified atom stereocenters.